The maximum absolute atomic E-state index is 14.2. The van der Waals surface area contributed by atoms with Gasteiger partial charge in [-0.25, -0.2) is 22.4 Å². The molecule has 1 unspecified atom stereocenters. The molecule has 22 heavy (non-hydrogen) atoms. The van der Waals surface area contributed by atoms with Crippen molar-refractivity contribution in [3.8, 4) is 0 Å². The van der Waals surface area contributed by atoms with Gasteiger partial charge in [-0.3, -0.25) is 0 Å². The number of benzene rings is 2. The molecule has 0 saturated carbocycles. The van der Waals surface area contributed by atoms with Gasteiger partial charge >= 0.3 is 5.97 Å². The van der Waals surface area contributed by atoms with E-state index in [1.54, 1.807) is 0 Å². The Morgan fingerprint density at radius 1 is 1.05 bits per heavy atom. The summed E-state index contributed by atoms with van der Waals surface area (Å²) >= 11 is 0. The topological polar surface area (TPSA) is 57.5 Å². The summed E-state index contributed by atoms with van der Waals surface area (Å²) in [7, 11) is 0. The first-order chi connectivity index (χ1) is 10.2. The highest BCUT2D eigenvalue weighted by atomic mass is 19.2. The fourth-order valence-corrected chi connectivity index (χ4v) is 2.11. The number of carbonyl (C=O) groups is 1. The van der Waals surface area contributed by atoms with Crippen LogP contribution in [0, 0.1) is 23.3 Å². The summed E-state index contributed by atoms with van der Waals surface area (Å²) in [5.41, 5.74) is -4.80. The molecule has 116 valence electrons. The lowest BCUT2D eigenvalue weighted by Gasteiger charge is -2.26. The van der Waals surface area contributed by atoms with E-state index >= 15 is 0 Å². The molecule has 0 heterocycles. The Balaban J connectivity index is 2.74. The molecular formula is C15H10F4O3. The molecule has 0 radical (unpaired) electrons. The zero-order chi connectivity index (χ0) is 16.7. The maximum Gasteiger partial charge on any atom is 0.338 e. The Bertz CT molecular complexity index is 739. The standard InChI is InChI=1S/C15H10F4O3/c1-15(22,7-2-4-8(16)5-3-7)11-12(18)9(14(20)21)6-10(17)13(11)19/h2-6,22H,1H3,(H,20,21). The highest BCUT2D eigenvalue weighted by Gasteiger charge is 2.36. The monoisotopic (exact) mass is 314 g/mol. The zero-order valence-corrected chi connectivity index (χ0v) is 11.2. The van der Waals surface area contributed by atoms with Crippen molar-refractivity contribution < 1.29 is 32.6 Å². The van der Waals surface area contributed by atoms with Gasteiger partial charge in [-0.1, -0.05) is 12.1 Å². The van der Waals surface area contributed by atoms with Crippen molar-refractivity contribution in [2.45, 2.75) is 12.5 Å². The lowest BCUT2D eigenvalue weighted by Crippen LogP contribution is -2.28. The molecule has 0 saturated heterocycles. The molecule has 0 aliphatic rings. The summed E-state index contributed by atoms with van der Waals surface area (Å²) in [6.45, 7) is 0.951. The van der Waals surface area contributed by atoms with E-state index in [9.17, 15) is 27.5 Å². The van der Waals surface area contributed by atoms with E-state index in [-0.39, 0.29) is 11.6 Å². The number of aliphatic hydroxyl groups is 1. The first-order valence-electron chi connectivity index (χ1n) is 6.06. The van der Waals surface area contributed by atoms with E-state index in [0.29, 0.717) is 0 Å². The summed E-state index contributed by atoms with van der Waals surface area (Å²) in [6.07, 6.45) is 0. The van der Waals surface area contributed by atoms with Gasteiger partial charge < -0.3 is 10.2 Å². The SMILES string of the molecule is CC(O)(c1ccc(F)cc1)c1c(F)c(F)cc(C(=O)O)c1F. The number of hydrogen-bond acceptors (Lipinski definition) is 2. The number of carboxylic acid groups (broad SMARTS) is 1. The fraction of sp³-hybridized carbons (Fsp3) is 0.133. The van der Waals surface area contributed by atoms with Crippen molar-refractivity contribution in [3.05, 3.63) is 70.3 Å². The molecule has 0 aromatic heterocycles. The molecule has 2 aromatic rings. The normalized spacial score (nSPS) is 13.7. The number of hydrogen-bond donors (Lipinski definition) is 2. The quantitative estimate of drug-likeness (QED) is 0.676. The van der Waals surface area contributed by atoms with Crippen molar-refractivity contribution in [1.82, 2.24) is 0 Å². The Labute approximate surface area is 122 Å². The second kappa shape index (κ2) is 5.42. The minimum absolute atomic E-state index is 0.131. The first kappa shape index (κ1) is 16.0. The molecular weight excluding hydrogens is 304 g/mol. The van der Waals surface area contributed by atoms with Crippen LogP contribution >= 0.6 is 0 Å². The van der Waals surface area contributed by atoms with Crippen LogP contribution in [0.3, 0.4) is 0 Å². The lowest BCUT2D eigenvalue weighted by atomic mass is 9.86. The third kappa shape index (κ3) is 2.55. The second-order valence-electron chi connectivity index (χ2n) is 4.79. The summed E-state index contributed by atoms with van der Waals surface area (Å²) in [5.74, 6) is -7.38. The summed E-state index contributed by atoms with van der Waals surface area (Å²) in [5, 5.41) is 19.2. The Hall–Kier alpha value is -2.41. The van der Waals surface area contributed by atoms with Gasteiger partial charge in [0.2, 0.25) is 0 Å². The smallest absolute Gasteiger partial charge is 0.338 e. The van der Waals surface area contributed by atoms with Crippen LogP contribution in [-0.4, -0.2) is 16.2 Å². The van der Waals surface area contributed by atoms with Crippen molar-refractivity contribution >= 4 is 5.97 Å². The molecule has 3 nitrogen and oxygen atoms in total. The van der Waals surface area contributed by atoms with Crippen molar-refractivity contribution in [2.24, 2.45) is 0 Å². The van der Waals surface area contributed by atoms with Crippen LogP contribution in [0.25, 0.3) is 0 Å². The van der Waals surface area contributed by atoms with E-state index < -0.39 is 46.0 Å². The van der Waals surface area contributed by atoms with Gasteiger partial charge in [0.25, 0.3) is 0 Å². The molecule has 7 heteroatoms. The van der Waals surface area contributed by atoms with Crippen LogP contribution in [-0.2, 0) is 5.60 Å². The Morgan fingerprint density at radius 2 is 1.59 bits per heavy atom. The average Bonchev–Trinajstić information content (AvgIpc) is 2.43. The van der Waals surface area contributed by atoms with Crippen LogP contribution in [0.15, 0.2) is 30.3 Å². The van der Waals surface area contributed by atoms with E-state index in [1.807, 2.05) is 0 Å². The Kier molecular flexibility index (Phi) is 3.93. The van der Waals surface area contributed by atoms with Crippen molar-refractivity contribution in [2.75, 3.05) is 0 Å². The third-order valence-corrected chi connectivity index (χ3v) is 3.28. The third-order valence-electron chi connectivity index (χ3n) is 3.28. The van der Waals surface area contributed by atoms with E-state index in [1.165, 1.54) is 0 Å². The fourth-order valence-electron chi connectivity index (χ4n) is 2.11. The molecule has 0 aliphatic heterocycles. The Morgan fingerprint density at radius 3 is 2.09 bits per heavy atom. The highest BCUT2D eigenvalue weighted by Crippen LogP contribution is 2.35. The molecule has 0 spiro atoms. The largest absolute Gasteiger partial charge is 0.478 e. The summed E-state index contributed by atoms with van der Waals surface area (Å²) in [4.78, 5) is 10.9. The van der Waals surface area contributed by atoms with Gasteiger partial charge in [0.1, 0.15) is 17.2 Å². The van der Waals surface area contributed by atoms with Crippen LogP contribution in [0.2, 0.25) is 0 Å². The molecule has 2 N–H and O–H groups in total. The van der Waals surface area contributed by atoms with Gasteiger partial charge in [0.15, 0.2) is 11.6 Å². The molecule has 0 bridgehead atoms. The van der Waals surface area contributed by atoms with Crippen molar-refractivity contribution in [1.29, 1.82) is 0 Å². The molecule has 0 aliphatic carbocycles. The molecule has 2 aromatic carbocycles. The zero-order valence-electron chi connectivity index (χ0n) is 11.2. The first-order valence-corrected chi connectivity index (χ1v) is 6.06. The van der Waals surface area contributed by atoms with Gasteiger partial charge in [-0.2, -0.15) is 0 Å². The van der Waals surface area contributed by atoms with E-state index in [4.69, 9.17) is 5.11 Å². The number of carboxylic acids is 1. The number of halogens is 4. The van der Waals surface area contributed by atoms with Gasteiger partial charge in [-0.15, -0.1) is 0 Å². The van der Waals surface area contributed by atoms with Crippen LogP contribution in [0.1, 0.15) is 28.4 Å². The van der Waals surface area contributed by atoms with Crippen LogP contribution < -0.4 is 0 Å². The summed E-state index contributed by atoms with van der Waals surface area (Å²) < 4.78 is 54.5. The van der Waals surface area contributed by atoms with E-state index in [2.05, 4.69) is 0 Å². The second-order valence-corrected chi connectivity index (χ2v) is 4.79. The van der Waals surface area contributed by atoms with E-state index in [0.717, 1.165) is 31.2 Å². The van der Waals surface area contributed by atoms with Gasteiger partial charge in [0, 0.05) is 0 Å². The van der Waals surface area contributed by atoms with Gasteiger partial charge in [-0.05, 0) is 30.7 Å². The predicted octanol–water partition coefficient (Wildman–Crippen LogP) is 3.20. The highest BCUT2D eigenvalue weighted by molar-refractivity contribution is 5.88. The van der Waals surface area contributed by atoms with Gasteiger partial charge in [0.05, 0.1) is 11.1 Å². The number of aromatic carboxylic acids is 1. The molecule has 1 atom stereocenters. The van der Waals surface area contributed by atoms with Crippen molar-refractivity contribution in [3.63, 3.8) is 0 Å². The van der Waals surface area contributed by atoms with Crippen LogP contribution in [0.4, 0.5) is 17.6 Å². The molecule has 2 rings (SSSR count). The molecule has 0 fully saturated rings. The predicted molar refractivity (Wildman–Crippen MR) is 68.3 cm³/mol. The minimum Gasteiger partial charge on any atom is -0.478 e. The summed E-state index contributed by atoms with van der Waals surface area (Å²) in [6, 6.07) is 4.18. The number of rotatable bonds is 3. The van der Waals surface area contributed by atoms with Crippen LogP contribution in [0.5, 0.6) is 0 Å². The average molecular weight is 314 g/mol. The lowest BCUT2D eigenvalue weighted by molar-refractivity contribution is 0.0685. The molecule has 0 amide bonds. The minimum atomic E-state index is -2.39. The maximum atomic E-state index is 14.2.